The Hall–Kier alpha value is -5.30. The number of hydrogen-bond donors (Lipinski definition) is 2. The molecule has 0 heterocycles. The van der Waals surface area contributed by atoms with E-state index in [9.17, 15) is 29.7 Å². The fraction of sp³-hybridized carbons (Fsp3) is 0.571. The third kappa shape index (κ3) is 13.8. The van der Waals surface area contributed by atoms with Gasteiger partial charge in [0, 0.05) is 5.92 Å². The summed E-state index contributed by atoms with van der Waals surface area (Å²) in [5.74, 6) is 0.516. The van der Waals surface area contributed by atoms with E-state index in [4.69, 9.17) is 23.7 Å². The molecular formula is C42H56N4O9. The topological polar surface area (TPSA) is 186 Å². The van der Waals surface area contributed by atoms with Gasteiger partial charge in [0.05, 0.1) is 46.9 Å². The Morgan fingerprint density at radius 2 is 1.15 bits per heavy atom. The van der Waals surface area contributed by atoms with Crippen LogP contribution in [0.2, 0.25) is 0 Å². The van der Waals surface area contributed by atoms with Crippen LogP contribution in [0.15, 0.2) is 24.3 Å². The van der Waals surface area contributed by atoms with Crippen molar-refractivity contribution in [2.75, 3.05) is 19.8 Å². The molecule has 0 bridgehead atoms. The second-order valence-electron chi connectivity index (χ2n) is 17.2. The highest BCUT2D eigenvalue weighted by Crippen LogP contribution is 2.34. The van der Waals surface area contributed by atoms with Gasteiger partial charge < -0.3 is 39.1 Å². The number of carbonyl (C=O) groups is 4. The van der Waals surface area contributed by atoms with Crippen molar-refractivity contribution in [3.63, 3.8) is 0 Å². The van der Waals surface area contributed by atoms with E-state index in [-0.39, 0.29) is 31.0 Å². The molecule has 4 rings (SSSR count). The van der Waals surface area contributed by atoms with Crippen molar-refractivity contribution in [3.8, 4) is 23.6 Å². The van der Waals surface area contributed by atoms with E-state index >= 15 is 0 Å². The maximum atomic E-state index is 12.1. The second kappa shape index (κ2) is 17.9. The number of nitrogens with zero attached hydrogens (tertiary/aromatic N) is 2. The Morgan fingerprint density at radius 1 is 0.709 bits per heavy atom. The van der Waals surface area contributed by atoms with E-state index in [1.54, 1.807) is 60.6 Å². The molecule has 13 nitrogen and oxygen atoms in total. The Bertz CT molecular complexity index is 1820. The van der Waals surface area contributed by atoms with Gasteiger partial charge in [0.2, 0.25) is 0 Å². The van der Waals surface area contributed by atoms with Crippen molar-refractivity contribution in [1.82, 2.24) is 10.6 Å². The lowest BCUT2D eigenvalue weighted by Crippen LogP contribution is -2.49. The molecule has 2 aliphatic carbocycles. The van der Waals surface area contributed by atoms with Crippen LogP contribution in [0.1, 0.15) is 110 Å². The summed E-state index contributed by atoms with van der Waals surface area (Å²) in [6, 6.07) is 11.5. The number of benzene rings is 2. The lowest BCUT2D eigenvalue weighted by atomic mass is 10.0. The zero-order chi connectivity index (χ0) is 41.4. The predicted octanol–water partition coefficient (Wildman–Crippen LogP) is 6.67. The maximum absolute atomic E-state index is 12.1. The summed E-state index contributed by atoms with van der Waals surface area (Å²) < 4.78 is 27.4. The first kappa shape index (κ1) is 44.1. The van der Waals surface area contributed by atoms with Crippen molar-refractivity contribution in [2.45, 2.75) is 124 Å². The number of aldehydes is 1. The van der Waals surface area contributed by atoms with E-state index in [1.807, 2.05) is 39.8 Å². The number of alkyl carbamates (subject to hydrolysis) is 2. The maximum Gasteiger partial charge on any atom is 0.408 e. The van der Waals surface area contributed by atoms with Gasteiger partial charge >= 0.3 is 18.2 Å². The molecule has 2 unspecified atom stereocenters. The van der Waals surface area contributed by atoms with Gasteiger partial charge in [-0.25, -0.2) is 9.59 Å². The number of nitriles is 2. The van der Waals surface area contributed by atoms with Crippen molar-refractivity contribution in [3.05, 3.63) is 57.6 Å². The van der Waals surface area contributed by atoms with Gasteiger partial charge in [0.15, 0.2) is 0 Å². The molecule has 0 aliphatic heterocycles. The minimum atomic E-state index is -0.679. The average molecular weight is 761 g/mol. The van der Waals surface area contributed by atoms with Crippen molar-refractivity contribution < 1.29 is 42.9 Å². The first-order chi connectivity index (χ1) is 25.5. The summed E-state index contributed by atoms with van der Waals surface area (Å²) in [6.07, 6.45) is 2.18. The van der Waals surface area contributed by atoms with Gasteiger partial charge in [-0.1, -0.05) is 0 Å². The number of esters is 1. The number of carbonyl (C=O) groups excluding carboxylic acids is 4. The highest BCUT2D eigenvalue weighted by molar-refractivity contribution is 5.75. The van der Waals surface area contributed by atoms with Crippen molar-refractivity contribution in [1.29, 1.82) is 10.5 Å². The Labute approximate surface area is 325 Å². The molecule has 298 valence electrons. The monoisotopic (exact) mass is 760 g/mol. The Morgan fingerprint density at radius 3 is 1.55 bits per heavy atom. The average Bonchev–Trinajstić information content (AvgIpc) is 3.68. The zero-order valence-corrected chi connectivity index (χ0v) is 34.1. The predicted molar refractivity (Wildman–Crippen MR) is 205 cm³/mol. The highest BCUT2D eigenvalue weighted by Gasteiger charge is 2.32. The summed E-state index contributed by atoms with van der Waals surface area (Å²) >= 11 is 0. The van der Waals surface area contributed by atoms with Gasteiger partial charge in [-0.05, 0) is 148 Å². The molecule has 0 aromatic heterocycles. The van der Waals surface area contributed by atoms with Crippen LogP contribution in [0.5, 0.6) is 11.5 Å². The summed E-state index contributed by atoms with van der Waals surface area (Å²) in [5.41, 5.74) is 2.27. The summed E-state index contributed by atoms with van der Waals surface area (Å²) in [5, 5.41) is 24.5. The molecule has 2 N–H and O–H groups in total. The minimum absolute atomic E-state index is 0.0716. The Kier molecular flexibility index (Phi) is 14.3. The minimum Gasteiger partial charge on any atom is -0.491 e. The SMILES string of the molecule is CC(C)(COc1cc(C#N)c2c(c1)CC(C=O)C2)NC(=O)OC(C)(C)C.CCOC(=O)C1Cc2cc(OCC(C)(C)NC(=O)OC(C)(C)C)cc(C#N)c2C1. The van der Waals surface area contributed by atoms with Crippen LogP contribution in [0.3, 0.4) is 0 Å². The van der Waals surface area contributed by atoms with Crippen LogP contribution >= 0.6 is 0 Å². The quantitative estimate of drug-likeness (QED) is 0.142. The van der Waals surface area contributed by atoms with Crippen LogP contribution in [0.25, 0.3) is 0 Å². The molecule has 2 aliphatic rings. The number of hydrogen-bond acceptors (Lipinski definition) is 11. The molecule has 0 spiro atoms. The van der Waals surface area contributed by atoms with Gasteiger partial charge in [-0.15, -0.1) is 0 Å². The highest BCUT2D eigenvalue weighted by atomic mass is 16.6. The molecule has 2 atom stereocenters. The van der Waals surface area contributed by atoms with Crippen molar-refractivity contribution >= 4 is 24.4 Å². The number of nitrogens with one attached hydrogen (secondary N) is 2. The molecule has 55 heavy (non-hydrogen) atoms. The molecule has 0 radical (unpaired) electrons. The van der Waals surface area contributed by atoms with E-state index in [1.165, 1.54) is 0 Å². The van der Waals surface area contributed by atoms with Crippen LogP contribution in [0, 0.1) is 34.5 Å². The number of ether oxygens (including phenoxy) is 5. The molecule has 0 saturated heterocycles. The van der Waals surface area contributed by atoms with E-state index < -0.39 is 34.5 Å². The Balaban J connectivity index is 0.000000297. The fourth-order valence-electron chi connectivity index (χ4n) is 6.10. The molecule has 2 amide bonds. The van der Waals surface area contributed by atoms with Gasteiger partial charge in [-0.3, -0.25) is 4.79 Å². The lowest BCUT2D eigenvalue weighted by molar-refractivity contribution is -0.147. The van der Waals surface area contributed by atoms with Gasteiger partial charge in [-0.2, -0.15) is 10.5 Å². The third-order valence-corrected chi connectivity index (χ3v) is 8.43. The van der Waals surface area contributed by atoms with Gasteiger partial charge in [0.25, 0.3) is 0 Å². The van der Waals surface area contributed by atoms with E-state index in [0.29, 0.717) is 54.9 Å². The molecule has 0 saturated carbocycles. The van der Waals surface area contributed by atoms with Crippen LogP contribution < -0.4 is 20.1 Å². The number of rotatable bonds is 11. The molecular weight excluding hydrogens is 704 g/mol. The first-order valence-corrected chi connectivity index (χ1v) is 18.5. The summed E-state index contributed by atoms with van der Waals surface area (Å²) in [4.78, 5) is 47.1. The molecule has 0 fully saturated rings. The summed E-state index contributed by atoms with van der Waals surface area (Å²) in [6.45, 7) is 20.6. The number of fused-ring (bicyclic) bond motifs is 2. The molecule has 13 heteroatoms. The van der Waals surface area contributed by atoms with Crippen LogP contribution in [0.4, 0.5) is 9.59 Å². The van der Waals surface area contributed by atoms with Crippen molar-refractivity contribution in [2.24, 2.45) is 11.8 Å². The van der Waals surface area contributed by atoms with Gasteiger partial charge in [0.1, 0.15) is 42.2 Å². The number of amides is 2. The third-order valence-electron chi connectivity index (χ3n) is 8.43. The fourth-order valence-corrected chi connectivity index (χ4v) is 6.10. The van der Waals surface area contributed by atoms with Crippen LogP contribution in [-0.2, 0) is 49.5 Å². The molecule has 2 aromatic rings. The molecule has 2 aromatic carbocycles. The van der Waals surface area contributed by atoms with E-state index in [2.05, 4.69) is 22.8 Å². The normalized spacial score (nSPS) is 16.1. The first-order valence-electron chi connectivity index (χ1n) is 18.5. The zero-order valence-electron chi connectivity index (χ0n) is 34.1. The van der Waals surface area contributed by atoms with E-state index in [0.717, 1.165) is 28.5 Å². The largest absolute Gasteiger partial charge is 0.491 e. The lowest BCUT2D eigenvalue weighted by Gasteiger charge is -2.28. The smallest absolute Gasteiger partial charge is 0.408 e. The standard InChI is InChI=1S/C22H30N2O5.C20H26N2O4/c1-7-27-19(25)15-8-14-9-17(10-16(12-23)18(14)11-15)28-13-22(5,6)24-20(26)29-21(2,3)4;1-19(2,3)26-18(24)22-20(4,5)12-25-16-8-14-6-13(11-23)7-17(14)15(9-16)10-21/h9-10,15H,7-8,11,13H2,1-6H3,(H,24,26);8-9,11,13H,6-7,12H2,1-5H3,(H,22,24). The summed E-state index contributed by atoms with van der Waals surface area (Å²) in [7, 11) is 0. The second-order valence-corrected chi connectivity index (χ2v) is 17.2. The van der Waals surface area contributed by atoms with Crippen LogP contribution in [-0.4, -0.2) is 66.5 Å².